The van der Waals surface area contributed by atoms with Gasteiger partial charge in [-0.1, -0.05) is 6.07 Å². The molecule has 6 heteroatoms. The Balaban J connectivity index is 2.34. The molecule has 1 heterocycles. The van der Waals surface area contributed by atoms with Gasteiger partial charge in [-0.3, -0.25) is 4.98 Å². The van der Waals surface area contributed by atoms with Gasteiger partial charge in [0.05, 0.1) is 16.8 Å². The van der Waals surface area contributed by atoms with E-state index in [-0.39, 0.29) is 4.90 Å². The summed E-state index contributed by atoms with van der Waals surface area (Å²) in [5, 5.41) is 0. The summed E-state index contributed by atoms with van der Waals surface area (Å²) in [5.41, 5.74) is 6.08. The zero-order valence-electron chi connectivity index (χ0n) is 9.70. The summed E-state index contributed by atoms with van der Waals surface area (Å²) >= 11 is 0. The van der Waals surface area contributed by atoms with Crippen LogP contribution in [0.5, 0.6) is 11.5 Å². The molecule has 2 N–H and O–H groups in total. The van der Waals surface area contributed by atoms with Crippen LogP contribution in [0.3, 0.4) is 0 Å². The monoisotopic (exact) mass is 264 g/mol. The van der Waals surface area contributed by atoms with Crippen molar-refractivity contribution in [2.24, 2.45) is 0 Å². The molecule has 0 spiro atoms. The number of nitrogen functional groups attached to an aromatic ring is 1. The molecular weight excluding hydrogens is 252 g/mol. The highest BCUT2D eigenvalue weighted by molar-refractivity contribution is 7.90. The molecule has 0 radical (unpaired) electrons. The summed E-state index contributed by atoms with van der Waals surface area (Å²) in [6, 6.07) is 7.85. The van der Waals surface area contributed by atoms with E-state index < -0.39 is 9.84 Å². The fourth-order valence-corrected chi connectivity index (χ4v) is 2.04. The number of rotatable bonds is 3. The second kappa shape index (κ2) is 4.66. The van der Waals surface area contributed by atoms with Crippen LogP contribution in [0.25, 0.3) is 0 Å². The van der Waals surface area contributed by atoms with Crippen molar-refractivity contribution in [2.45, 2.75) is 4.90 Å². The van der Waals surface area contributed by atoms with E-state index in [1.54, 1.807) is 24.4 Å². The van der Waals surface area contributed by atoms with Gasteiger partial charge in [-0.15, -0.1) is 0 Å². The molecule has 18 heavy (non-hydrogen) atoms. The molecule has 0 bridgehead atoms. The highest BCUT2D eigenvalue weighted by Gasteiger charge is 2.09. The number of anilines is 1. The second-order valence-corrected chi connectivity index (χ2v) is 5.78. The molecule has 0 aliphatic heterocycles. The molecule has 5 nitrogen and oxygen atoms in total. The molecule has 0 fully saturated rings. The van der Waals surface area contributed by atoms with Crippen LogP contribution in [0, 0.1) is 0 Å². The summed E-state index contributed by atoms with van der Waals surface area (Å²) in [6.07, 6.45) is 4.16. The number of nitrogens with two attached hydrogens (primary N) is 1. The van der Waals surface area contributed by atoms with Gasteiger partial charge in [-0.2, -0.15) is 0 Å². The number of sulfone groups is 1. The van der Waals surface area contributed by atoms with Gasteiger partial charge in [0.15, 0.2) is 15.6 Å². The van der Waals surface area contributed by atoms with Gasteiger partial charge < -0.3 is 10.5 Å². The number of hydrogen-bond acceptors (Lipinski definition) is 5. The van der Waals surface area contributed by atoms with Crippen LogP contribution in [0.4, 0.5) is 5.69 Å². The van der Waals surface area contributed by atoms with Gasteiger partial charge in [-0.25, -0.2) is 8.42 Å². The molecule has 0 amide bonds. The first-order valence-electron chi connectivity index (χ1n) is 5.14. The fourth-order valence-electron chi connectivity index (χ4n) is 1.38. The van der Waals surface area contributed by atoms with Crippen molar-refractivity contribution < 1.29 is 13.2 Å². The van der Waals surface area contributed by atoms with E-state index in [2.05, 4.69) is 4.98 Å². The maximum absolute atomic E-state index is 11.4. The number of nitrogens with zero attached hydrogens (tertiary/aromatic N) is 1. The van der Waals surface area contributed by atoms with E-state index in [0.29, 0.717) is 17.2 Å². The van der Waals surface area contributed by atoms with Gasteiger partial charge in [0.1, 0.15) is 5.75 Å². The van der Waals surface area contributed by atoms with E-state index in [9.17, 15) is 8.42 Å². The minimum atomic E-state index is -3.25. The smallest absolute Gasteiger partial charge is 0.175 e. The molecule has 0 aliphatic rings. The van der Waals surface area contributed by atoms with Crippen LogP contribution in [0.15, 0.2) is 47.6 Å². The molecule has 0 unspecified atom stereocenters. The Labute approximate surface area is 105 Å². The van der Waals surface area contributed by atoms with Crippen LogP contribution < -0.4 is 10.5 Å². The fraction of sp³-hybridized carbons (Fsp3) is 0.0833. The Morgan fingerprint density at radius 3 is 2.72 bits per heavy atom. The van der Waals surface area contributed by atoms with Gasteiger partial charge in [0.2, 0.25) is 0 Å². The Hall–Kier alpha value is -2.08. The molecule has 0 saturated carbocycles. The van der Waals surface area contributed by atoms with Crippen LogP contribution in [-0.4, -0.2) is 19.7 Å². The normalized spacial score (nSPS) is 11.2. The third-order valence-corrected chi connectivity index (χ3v) is 3.38. The van der Waals surface area contributed by atoms with E-state index in [1.165, 1.54) is 18.3 Å². The van der Waals surface area contributed by atoms with Gasteiger partial charge in [0, 0.05) is 18.5 Å². The maximum Gasteiger partial charge on any atom is 0.175 e. The first-order chi connectivity index (χ1) is 8.47. The van der Waals surface area contributed by atoms with Crippen LogP contribution in [0.1, 0.15) is 0 Å². The predicted molar refractivity (Wildman–Crippen MR) is 68.3 cm³/mol. The van der Waals surface area contributed by atoms with Crippen LogP contribution in [0.2, 0.25) is 0 Å². The summed E-state index contributed by atoms with van der Waals surface area (Å²) in [5.74, 6) is 0.853. The SMILES string of the molecule is CS(=O)(=O)c1cccc(Oc2ccncc2N)c1. The average Bonchev–Trinajstić information content (AvgIpc) is 2.31. The Morgan fingerprint density at radius 1 is 1.28 bits per heavy atom. The third kappa shape index (κ3) is 2.78. The molecule has 1 aromatic heterocycles. The summed E-state index contributed by atoms with van der Waals surface area (Å²) < 4.78 is 28.3. The van der Waals surface area contributed by atoms with E-state index in [1.807, 2.05) is 0 Å². The lowest BCUT2D eigenvalue weighted by Gasteiger charge is -2.08. The molecule has 2 rings (SSSR count). The average molecular weight is 264 g/mol. The van der Waals surface area contributed by atoms with Gasteiger partial charge in [0.25, 0.3) is 0 Å². The summed E-state index contributed by atoms with van der Waals surface area (Å²) in [6.45, 7) is 0. The molecule has 0 saturated heterocycles. The molecule has 0 aliphatic carbocycles. The summed E-state index contributed by atoms with van der Waals surface area (Å²) in [4.78, 5) is 4.04. The van der Waals surface area contributed by atoms with Crippen LogP contribution >= 0.6 is 0 Å². The lowest BCUT2D eigenvalue weighted by Crippen LogP contribution is -1.98. The number of benzene rings is 1. The first-order valence-corrected chi connectivity index (χ1v) is 7.03. The van der Waals surface area contributed by atoms with Crippen molar-refractivity contribution >= 4 is 15.5 Å². The van der Waals surface area contributed by atoms with Gasteiger partial charge >= 0.3 is 0 Å². The van der Waals surface area contributed by atoms with E-state index in [4.69, 9.17) is 10.5 Å². The van der Waals surface area contributed by atoms with Crippen molar-refractivity contribution in [2.75, 3.05) is 12.0 Å². The van der Waals surface area contributed by atoms with Crippen LogP contribution in [-0.2, 0) is 9.84 Å². The predicted octanol–water partition coefficient (Wildman–Crippen LogP) is 1.86. The lowest BCUT2D eigenvalue weighted by atomic mass is 10.3. The van der Waals surface area contributed by atoms with Crippen molar-refractivity contribution in [1.29, 1.82) is 0 Å². The lowest BCUT2D eigenvalue weighted by molar-refractivity contribution is 0.482. The zero-order chi connectivity index (χ0) is 13.2. The number of pyridine rings is 1. The van der Waals surface area contributed by atoms with E-state index in [0.717, 1.165) is 6.26 Å². The quantitative estimate of drug-likeness (QED) is 0.915. The Kier molecular flexibility index (Phi) is 3.20. The second-order valence-electron chi connectivity index (χ2n) is 3.76. The number of hydrogen-bond donors (Lipinski definition) is 1. The largest absolute Gasteiger partial charge is 0.455 e. The molecule has 0 atom stereocenters. The van der Waals surface area contributed by atoms with Crippen molar-refractivity contribution in [3.8, 4) is 11.5 Å². The maximum atomic E-state index is 11.4. The standard InChI is InChI=1S/C12H12N2O3S/c1-18(15,16)10-4-2-3-9(7-10)17-12-5-6-14-8-11(12)13/h2-8H,13H2,1H3. The Morgan fingerprint density at radius 2 is 2.06 bits per heavy atom. The van der Waals surface area contributed by atoms with Crippen molar-refractivity contribution in [3.05, 3.63) is 42.7 Å². The highest BCUT2D eigenvalue weighted by atomic mass is 32.2. The molecule has 94 valence electrons. The minimum Gasteiger partial charge on any atom is -0.455 e. The summed E-state index contributed by atoms with van der Waals surface area (Å²) in [7, 11) is -3.25. The number of ether oxygens (including phenoxy) is 1. The highest BCUT2D eigenvalue weighted by Crippen LogP contribution is 2.27. The van der Waals surface area contributed by atoms with Gasteiger partial charge in [-0.05, 0) is 18.2 Å². The zero-order valence-corrected chi connectivity index (χ0v) is 10.5. The topological polar surface area (TPSA) is 82.3 Å². The first kappa shape index (κ1) is 12.4. The van der Waals surface area contributed by atoms with E-state index >= 15 is 0 Å². The van der Waals surface area contributed by atoms with Crippen molar-refractivity contribution in [1.82, 2.24) is 4.98 Å². The minimum absolute atomic E-state index is 0.202. The molecule has 2 aromatic rings. The van der Waals surface area contributed by atoms with Crippen molar-refractivity contribution in [3.63, 3.8) is 0 Å². The Bertz CT molecular complexity index is 669. The number of aromatic nitrogens is 1. The molecular formula is C12H12N2O3S. The third-order valence-electron chi connectivity index (χ3n) is 2.27. The molecule has 1 aromatic carbocycles.